The number of hydrogen-bond donors (Lipinski definition) is 5. The van der Waals surface area contributed by atoms with Crippen LogP contribution in [0.1, 0.15) is 62.1 Å². The third-order valence-corrected chi connectivity index (χ3v) is 11.5. The smallest absolute Gasteiger partial charge is 0.379 e. The van der Waals surface area contributed by atoms with Gasteiger partial charge >= 0.3 is 6.18 Å². The number of alkyl halides is 3. The molecule has 0 spiro atoms. The number of rotatable bonds is 20. The topological polar surface area (TPSA) is 226 Å². The molecule has 2 saturated heterocycles. The van der Waals surface area contributed by atoms with Crippen molar-refractivity contribution in [3.63, 3.8) is 0 Å². The molecule has 1 aliphatic carbocycles. The summed E-state index contributed by atoms with van der Waals surface area (Å²) in [6, 6.07) is 5.62. The maximum Gasteiger partial charge on any atom is 0.416 e. The minimum atomic E-state index is -4.54. The zero-order valence-electron chi connectivity index (χ0n) is 35.0. The first-order valence-corrected chi connectivity index (χ1v) is 21.1. The average Bonchev–Trinajstić information content (AvgIpc) is 3.77. The van der Waals surface area contributed by atoms with Gasteiger partial charge < -0.3 is 45.9 Å². The summed E-state index contributed by atoms with van der Waals surface area (Å²) in [6.45, 7) is 1.58. The molecule has 3 aromatic rings. The fourth-order valence-corrected chi connectivity index (χ4v) is 8.10. The van der Waals surface area contributed by atoms with E-state index in [4.69, 9.17) is 9.47 Å². The molecule has 0 bridgehead atoms. The zero-order chi connectivity index (χ0) is 44.9. The Bertz CT molecular complexity index is 2090. The number of carbonyl (C=O) groups excluding carboxylic acids is 6. The van der Waals surface area contributed by atoms with Crippen LogP contribution in [0.25, 0.3) is 10.9 Å². The van der Waals surface area contributed by atoms with Crippen LogP contribution in [-0.4, -0.2) is 138 Å². The molecule has 6 amide bonds. The van der Waals surface area contributed by atoms with Gasteiger partial charge in [0.15, 0.2) is 0 Å². The number of amides is 6. The first-order valence-electron chi connectivity index (χ1n) is 21.1. The second kappa shape index (κ2) is 21.9. The third-order valence-electron chi connectivity index (χ3n) is 11.5. The molecule has 340 valence electrons. The van der Waals surface area contributed by atoms with Gasteiger partial charge in [0.05, 0.1) is 42.9 Å². The van der Waals surface area contributed by atoms with Gasteiger partial charge in [-0.15, -0.1) is 0 Å². The highest BCUT2D eigenvalue weighted by molar-refractivity contribution is 5.93. The van der Waals surface area contributed by atoms with Gasteiger partial charge in [-0.1, -0.05) is 6.07 Å². The van der Waals surface area contributed by atoms with E-state index in [-0.39, 0.29) is 124 Å². The Labute approximate surface area is 361 Å². The van der Waals surface area contributed by atoms with Gasteiger partial charge in [0, 0.05) is 82.4 Å². The zero-order valence-corrected chi connectivity index (χ0v) is 35.0. The lowest BCUT2D eigenvalue weighted by Crippen LogP contribution is -2.43. The molecule has 1 aromatic carbocycles. The van der Waals surface area contributed by atoms with E-state index in [2.05, 4.69) is 41.5 Å². The molecule has 1 saturated carbocycles. The van der Waals surface area contributed by atoms with Gasteiger partial charge in [0.25, 0.3) is 0 Å². The van der Waals surface area contributed by atoms with Crippen molar-refractivity contribution in [3.8, 4) is 0 Å². The largest absolute Gasteiger partial charge is 0.416 e. The molecular formula is C42H53F3N10O8. The number of benzene rings is 1. The summed E-state index contributed by atoms with van der Waals surface area (Å²) in [5.41, 5.74) is 0.259. The Hall–Kier alpha value is -5.96. The van der Waals surface area contributed by atoms with Crippen molar-refractivity contribution in [2.45, 2.75) is 69.2 Å². The number of carbonyl (C=O) groups is 6. The van der Waals surface area contributed by atoms with Crippen LogP contribution in [0.15, 0.2) is 49.1 Å². The predicted octanol–water partition coefficient (Wildman–Crippen LogP) is 1.72. The summed E-state index contributed by atoms with van der Waals surface area (Å²) in [5.74, 6) is -1.92. The van der Waals surface area contributed by atoms with Crippen LogP contribution in [0.5, 0.6) is 0 Å². The highest BCUT2D eigenvalue weighted by Crippen LogP contribution is 2.37. The fraction of sp³-hybridized carbons (Fsp3) is 0.548. The molecule has 2 aliphatic heterocycles. The molecule has 3 fully saturated rings. The molecule has 3 aliphatic rings. The lowest BCUT2D eigenvalue weighted by molar-refractivity contribution is -0.137. The number of nitrogens with one attached hydrogen (secondary N) is 5. The van der Waals surface area contributed by atoms with E-state index in [1.807, 2.05) is 6.07 Å². The monoisotopic (exact) mass is 882 g/mol. The van der Waals surface area contributed by atoms with Gasteiger partial charge in [0.1, 0.15) is 24.8 Å². The lowest BCUT2D eigenvalue weighted by Gasteiger charge is -2.28. The Morgan fingerprint density at radius 1 is 0.873 bits per heavy atom. The number of anilines is 1. The average molecular weight is 883 g/mol. The van der Waals surface area contributed by atoms with Crippen molar-refractivity contribution in [1.82, 2.24) is 46.0 Å². The minimum absolute atomic E-state index is 0.0646. The molecule has 0 unspecified atom stereocenters. The molecule has 6 rings (SSSR count). The van der Waals surface area contributed by atoms with Gasteiger partial charge in [-0.25, -0.2) is 9.97 Å². The van der Waals surface area contributed by atoms with Crippen LogP contribution < -0.4 is 26.6 Å². The summed E-state index contributed by atoms with van der Waals surface area (Å²) >= 11 is 0. The summed E-state index contributed by atoms with van der Waals surface area (Å²) < 4.78 is 50.8. The Morgan fingerprint density at radius 3 is 2.40 bits per heavy atom. The summed E-state index contributed by atoms with van der Waals surface area (Å²) in [4.78, 5) is 91.2. The van der Waals surface area contributed by atoms with E-state index in [1.165, 1.54) is 12.4 Å². The van der Waals surface area contributed by atoms with Crippen molar-refractivity contribution in [2.75, 3.05) is 71.5 Å². The van der Waals surface area contributed by atoms with E-state index >= 15 is 0 Å². The second-order valence-corrected chi connectivity index (χ2v) is 15.8. The Balaban J connectivity index is 0.765. The number of nitrogens with zero attached hydrogens (tertiary/aromatic N) is 5. The summed E-state index contributed by atoms with van der Waals surface area (Å²) in [7, 11) is 1.67. The fourth-order valence-electron chi connectivity index (χ4n) is 8.10. The molecule has 63 heavy (non-hydrogen) atoms. The van der Waals surface area contributed by atoms with E-state index in [9.17, 15) is 41.9 Å². The number of likely N-dealkylation sites (tertiary alicyclic amines) is 2. The molecule has 2 aromatic heterocycles. The molecule has 0 radical (unpaired) electrons. The quantitative estimate of drug-likeness (QED) is 0.102. The van der Waals surface area contributed by atoms with Gasteiger partial charge in [-0.2, -0.15) is 13.2 Å². The van der Waals surface area contributed by atoms with Gasteiger partial charge in [0.2, 0.25) is 35.4 Å². The molecule has 21 heteroatoms. The molecule has 5 N–H and O–H groups in total. The number of ether oxygens (including phenoxy) is 2. The number of pyridine rings is 1. The first-order chi connectivity index (χ1) is 30.3. The van der Waals surface area contributed by atoms with Crippen molar-refractivity contribution >= 4 is 52.2 Å². The Morgan fingerprint density at radius 2 is 1.63 bits per heavy atom. The third kappa shape index (κ3) is 12.8. The van der Waals surface area contributed by atoms with Crippen LogP contribution in [0.4, 0.5) is 19.0 Å². The molecule has 4 heterocycles. The number of aromatic nitrogens is 3. The van der Waals surface area contributed by atoms with Gasteiger partial charge in [-0.05, 0) is 61.9 Å². The molecule has 18 nitrogen and oxygen atoms in total. The SMILES string of the molecule is CN1C(=O)C[C@H](C(=O)NCCOCC(=O)NCCOCCC(=O)N[C@H]2CC[C@@H](C(=O)NCCN3CC[C@H](Nc4ncnc5ccc(C(F)(F)F)cc45)C3=O)CC2)[C@H]1c1cccnc1. The number of fused-ring (bicyclic) bond motifs is 1. The second-order valence-electron chi connectivity index (χ2n) is 15.8. The van der Waals surface area contributed by atoms with Crippen molar-refractivity contribution in [1.29, 1.82) is 0 Å². The maximum atomic E-state index is 13.3. The lowest BCUT2D eigenvalue weighted by atomic mass is 9.85. The molecular weight excluding hydrogens is 830 g/mol. The summed E-state index contributed by atoms with van der Waals surface area (Å²) in [5, 5.41) is 14.5. The van der Waals surface area contributed by atoms with Crippen LogP contribution in [0, 0.1) is 11.8 Å². The predicted molar refractivity (Wildman–Crippen MR) is 220 cm³/mol. The van der Waals surface area contributed by atoms with Crippen LogP contribution in [0.2, 0.25) is 0 Å². The van der Waals surface area contributed by atoms with Crippen LogP contribution in [-0.2, 0) is 44.4 Å². The van der Waals surface area contributed by atoms with E-state index in [1.54, 1.807) is 35.3 Å². The van der Waals surface area contributed by atoms with Gasteiger partial charge in [-0.3, -0.25) is 33.8 Å². The van der Waals surface area contributed by atoms with Crippen LogP contribution >= 0.6 is 0 Å². The highest BCUT2D eigenvalue weighted by atomic mass is 19.4. The number of halogens is 3. The van der Waals surface area contributed by atoms with Crippen LogP contribution in [0.3, 0.4) is 0 Å². The Kier molecular flexibility index (Phi) is 16.2. The molecule has 3 atom stereocenters. The van der Waals surface area contributed by atoms with E-state index < -0.39 is 29.7 Å². The van der Waals surface area contributed by atoms with Crippen molar-refractivity contribution in [3.05, 3.63) is 60.2 Å². The van der Waals surface area contributed by atoms with E-state index in [0.717, 1.165) is 17.7 Å². The highest BCUT2D eigenvalue weighted by Gasteiger charge is 2.42. The number of hydrogen-bond acceptors (Lipinski definition) is 12. The minimum Gasteiger partial charge on any atom is -0.379 e. The standard InChI is InChI=1S/C42H53F3N10O8/c1-54-36(58)22-31(37(54)27-3-2-12-46-23-27)40(60)49-15-20-63-24-35(57)47-14-19-62-18-11-34(56)52-29-7-4-26(5-8-29)39(59)48-13-17-55-16-10-33(41(55)61)53-38-30-21-28(42(43,44)45)6-9-32(30)50-25-51-38/h2-3,6,9,12,21,23,25-26,29,31,33,37H,4-5,7-8,10-11,13-20,22,24H2,1H3,(H,47,57)(H,48,59)(H,49,60)(H,52,56)(H,50,51,53)/t26-,29+,31-,33-,37+/m0/s1. The maximum absolute atomic E-state index is 13.3. The van der Waals surface area contributed by atoms with Crippen molar-refractivity contribution in [2.24, 2.45) is 11.8 Å². The summed E-state index contributed by atoms with van der Waals surface area (Å²) in [6.07, 6.45) is 3.07. The van der Waals surface area contributed by atoms with Crippen molar-refractivity contribution < 1.29 is 51.4 Å². The van der Waals surface area contributed by atoms with E-state index in [0.29, 0.717) is 44.2 Å². The normalized spacial score (nSPS) is 21.4. The first kappa shape index (κ1) is 46.5.